The van der Waals surface area contributed by atoms with Gasteiger partial charge in [0.2, 0.25) is 0 Å². The number of benzene rings is 1. The lowest BCUT2D eigenvalue weighted by atomic mass is 10.1. The molecule has 0 spiro atoms. The van der Waals surface area contributed by atoms with Crippen molar-refractivity contribution in [1.29, 1.82) is 0 Å². The van der Waals surface area contributed by atoms with Gasteiger partial charge in [0.15, 0.2) is 0 Å². The van der Waals surface area contributed by atoms with Crippen LogP contribution in [0.25, 0.3) is 0 Å². The van der Waals surface area contributed by atoms with Crippen LogP contribution in [-0.2, 0) is 6.42 Å². The lowest BCUT2D eigenvalue weighted by Gasteiger charge is -2.13. The molecule has 1 aromatic heterocycles. The van der Waals surface area contributed by atoms with E-state index in [0.717, 1.165) is 6.42 Å². The molecule has 19 heavy (non-hydrogen) atoms. The van der Waals surface area contributed by atoms with E-state index < -0.39 is 0 Å². The highest BCUT2D eigenvalue weighted by Crippen LogP contribution is 2.22. The van der Waals surface area contributed by atoms with Crippen LogP contribution in [0.15, 0.2) is 35.7 Å². The second-order valence-electron chi connectivity index (χ2n) is 4.29. The van der Waals surface area contributed by atoms with Crippen LogP contribution in [-0.4, -0.2) is 11.9 Å². The van der Waals surface area contributed by atoms with E-state index in [1.165, 1.54) is 4.88 Å². The molecule has 100 valence electrons. The Morgan fingerprint density at radius 3 is 2.74 bits per heavy atom. The standard InChI is InChI=1S/C14H13Cl2NOS/c1-9(7-11-3-2-6-19-11)17-14(18)10-4-5-12(15)13(16)8-10/h2-6,8-9H,7H2,1H3,(H,17,18)/t9-/m1/s1. The van der Waals surface area contributed by atoms with Crippen LogP contribution in [0.5, 0.6) is 0 Å². The number of rotatable bonds is 4. The van der Waals surface area contributed by atoms with E-state index in [4.69, 9.17) is 23.2 Å². The van der Waals surface area contributed by atoms with Gasteiger partial charge in [0.25, 0.3) is 5.91 Å². The van der Waals surface area contributed by atoms with E-state index in [0.29, 0.717) is 15.6 Å². The maximum Gasteiger partial charge on any atom is 0.251 e. The summed E-state index contributed by atoms with van der Waals surface area (Å²) in [6.45, 7) is 1.98. The van der Waals surface area contributed by atoms with Gasteiger partial charge < -0.3 is 5.32 Å². The summed E-state index contributed by atoms with van der Waals surface area (Å²) in [5, 5.41) is 5.82. The summed E-state index contributed by atoms with van der Waals surface area (Å²) >= 11 is 13.4. The Bertz CT molecular complexity index is 569. The number of hydrogen-bond acceptors (Lipinski definition) is 2. The molecule has 2 aromatic rings. The van der Waals surface area contributed by atoms with Gasteiger partial charge in [-0.1, -0.05) is 29.3 Å². The number of amides is 1. The Labute approximate surface area is 126 Å². The van der Waals surface area contributed by atoms with Crippen molar-refractivity contribution in [2.75, 3.05) is 0 Å². The van der Waals surface area contributed by atoms with Crippen LogP contribution >= 0.6 is 34.5 Å². The molecule has 1 heterocycles. The molecule has 1 amide bonds. The fourth-order valence-electron chi connectivity index (χ4n) is 1.73. The van der Waals surface area contributed by atoms with E-state index >= 15 is 0 Å². The molecule has 0 aliphatic rings. The maximum absolute atomic E-state index is 12.0. The first-order valence-electron chi connectivity index (χ1n) is 5.84. The summed E-state index contributed by atoms with van der Waals surface area (Å²) in [4.78, 5) is 13.3. The zero-order chi connectivity index (χ0) is 13.8. The Morgan fingerprint density at radius 1 is 1.32 bits per heavy atom. The average molecular weight is 314 g/mol. The number of carbonyl (C=O) groups excluding carboxylic acids is 1. The van der Waals surface area contributed by atoms with Gasteiger partial charge in [-0.15, -0.1) is 11.3 Å². The van der Waals surface area contributed by atoms with Gasteiger partial charge in [-0.2, -0.15) is 0 Å². The molecule has 0 aliphatic heterocycles. The molecule has 5 heteroatoms. The summed E-state index contributed by atoms with van der Waals surface area (Å²) in [6, 6.07) is 9.02. The third-order valence-electron chi connectivity index (χ3n) is 2.65. The zero-order valence-electron chi connectivity index (χ0n) is 10.3. The van der Waals surface area contributed by atoms with Crippen molar-refractivity contribution in [3.8, 4) is 0 Å². The Morgan fingerprint density at radius 2 is 2.11 bits per heavy atom. The summed E-state index contributed by atoms with van der Waals surface area (Å²) in [6.07, 6.45) is 0.824. The van der Waals surface area contributed by atoms with Crippen molar-refractivity contribution in [3.05, 3.63) is 56.2 Å². The van der Waals surface area contributed by atoms with Crippen LogP contribution in [0.4, 0.5) is 0 Å². The van der Waals surface area contributed by atoms with Gasteiger partial charge in [0, 0.05) is 22.9 Å². The topological polar surface area (TPSA) is 29.1 Å². The van der Waals surface area contributed by atoms with Crippen LogP contribution in [0, 0.1) is 0 Å². The molecule has 2 rings (SSSR count). The molecule has 0 unspecified atom stereocenters. The van der Waals surface area contributed by atoms with Crippen molar-refractivity contribution in [3.63, 3.8) is 0 Å². The first-order valence-corrected chi connectivity index (χ1v) is 7.48. The van der Waals surface area contributed by atoms with Crippen molar-refractivity contribution in [1.82, 2.24) is 5.32 Å². The number of halogens is 2. The minimum atomic E-state index is -0.136. The molecule has 0 aliphatic carbocycles. The number of nitrogens with one attached hydrogen (secondary N) is 1. The molecule has 1 N–H and O–H groups in total. The number of thiophene rings is 1. The summed E-state index contributed by atoms with van der Waals surface area (Å²) < 4.78 is 0. The second-order valence-corrected chi connectivity index (χ2v) is 6.13. The smallest absolute Gasteiger partial charge is 0.251 e. The van der Waals surface area contributed by atoms with E-state index in [1.807, 2.05) is 18.4 Å². The van der Waals surface area contributed by atoms with Crippen LogP contribution in [0.1, 0.15) is 22.2 Å². The number of carbonyl (C=O) groups is 1. The van der Waals surface area contributed by atoms with E-state index in [2.05, 4.69) is 11.4 Å². The zero-order valence-corrected chi connectivity index (χ0v) is 12.6. The van der Waals surface area contributed by atoms with E-state index in [1.54, 1.807) is 29.5 Å². The van der Waals surface area contributed by atoms with E-state index in [9.17, 15) is 4.79 Å². The predicted molar refractivity (Wildman–Crippen MR) is 81.4 cm³/mol. The van der Waals surface area contributed by atoms with Crippen molar-refractivity contribution in [2.45, 2.75) is 19.4 Å². The predicted octanol–water partition coefficient (Wildman–Crippen LogP) is 4.42. The van der Waals surface area contributed by atoms with Gasteiger partial charge in [-0.05, 0) is 36.6 Å². The highest BCUT2D eigenvalue weighted by molar-refractivity contribution is 7.09. The quantitative estimate of drug-likeness (QED) is 0.889. The van der Waals surface area contributed by atoms with Gasteiger partial charge in [0.05, 0.1) is 10.0 Å². The van der Waals surface area contributed by atoms with Gasteiger partial charge in [-0.25, -0.2) is 0 Å². The molecule has 2 nitrogen and oxygen atoms in total. The van der Waals surface area contributed by atoms with Crippen LogP contribution in [0.3, 0.4) is 0 Å². The Kier molecular flexibility index (Phi) is 4.86. The van der Waals surface area contributed by atoms with E-state index in [-0.39, 0.29) is 11.9 Å². The van der Waals surface area contributed by atoms with Gasteiger partial charge in [0.1, 0.15) is 0 Å². The summed E-state index contributed by atoms with van der Waals surface area (Å²) in [5.74, 6) is -0.136. The SMILES string of the molecule is C[C@H](Cc1cccs1)NC(=O)c1ccc(Cl)c(Cl)c1. The second kappa shape index (κ2) is 6.42. The average Bonchev–Trinajstić information content (AvgIpc) is 2.85. The number of hydrogen-bond donors (Lipinski definition) is 1. The van der Waals surface area contributed by atoms with Crippen LogP contribution < -0.4 is 5.32 Å². The molecule has 1 aromatic carbocycles. The highest BCUT2D eigenvalue weighted by atomic mass is 35.5. The van der Waals surface area contributed by atoms with Gasteiger partial charge >= 0.3 is 0 Å². The first-order chi connectivity index (χ1) is 9.06. The van der Waals surface area contributed by atoms with Crippen molar-refractivity contribution < 1.29 is 4.79 Å². The third-order valence-corrected chi connectivity index (χ3v) is 4.28. The molecule has 0 radical (unpaired) electrons. The first kappa shape index (κ1) is 14.4. The monoisotopic (exact) mass is 313 g/mol. The molecular formula is C14H13Cl2NOS. The maximum atomic E-state index is 12.0. The lowest BCUT2D eigenvalue weighted by molar-refractivity contribution is 0.0940. The molecule has 1 atom stereocenters. The minimum Gasteiger partial charge on any atom is -0.349 e. The molecule has 0 saturated carbocycles. The molecular weight excluding hydrogens is 301 g/mol. The fourth-order valence-corrected chi connectivity index (χ4v) is 2.86. The summed E-state index contributed by atoms with van der Waals surface area (Å²) in [5.41, 5.74) is 0.521. The Hall–Kier alpha value is -1.03. The molecule has 0 fully saturated rings. The molecule has 0 bridgehead atoms. The fraction of sp³-hybridized carbons (Fsp3) is 0.214. The largest absolute Gasteiger partial charge is 0.349 e. The normalized spacial score (nSPS) is 12.2. The van der Waals surface area contributed by atoms with Crippen molar-refractivity contribution >= 4 is 40.4 Å². The van der Waals surface area contributed by atoms with Gasteiger partial charge in [-0.3, -0.25) is 4.79 Å². The minimum absolute atomic E-state index is 0.0700. The third kappa shape index (κ3) is 3.96. The summed E-state index contributed by atoms with van der Waals surface area (Å²) in [7, 11) is 0. The highest BCUT2D eigenvalue weighted by Gasteiger charge is 2.12. The van der Waals surface area contributed by atoms with Crippen LogP contribution in [0.2, 0.25) is 10.0 Å². The Balaban J connectivity index is 1.98. The van der Waals surface area contributed by atoms with Crippen molar-refractivity contribution in [2.24, 2.45) is 0 Å². The molecule has 0 saturated heterocycles. The lowest BCUT2D eigenvalue weighted by Crippen LogP contribution is -2.33.